The average molecular weight is 422 g/mol. The molecule has 4 rings (SSSR count). The van der Waals surface area contributed by atoms with E-state index in [1.807, 2.05) is 0 Å². The number of alkyl halides is 3. The van der Waals surface area contributed by atoms with Crippen molar-refractivity contribution < 1.29 is 18.0 Å². The van der Waals surface area contributed by atoms with Gasteiger partial charge in [0, 0.05) is 23.1 Å². The highest BCUT2D eigenvalue weighted by atomic mass is 35.5. The maximum absolute atomic E-state index is 12.7. The van der Waals surface area contributed by atoms with E-state index in [1.165, 1.54) is 23.5 Å². The molecule has 0 atom stereocenters. The minimum absolute atomic E-state index is 0.227. The van der Waals surface area contributed by atoms with Gasteiger partial charge >= 0.3 is 6.18 Å². The number of carbonyl (C=O) groups excluding carboxylic acids is 1. The van der Waals surface area contributed by atoms with Gasteiger partial charge in [-0.05, 0) is 35.9 Å². The van der Waals surface area contributed by atoms with Crippen LogP contribution in [-0.4, -0.2) is 15.3 Å². The smallest absolute Gasteiger partial charge is 0.321 e. The first-order chi connectivity index (χ1) is 13.3. The second kappa shape index (κ2) is 6.96. The molecule has 0 fully saturated rings. The number of fused-ring (bicyclic) bond motifs is 1. The van der Waals surface area contributed by atoms with E-state index in [1.54, 1.807) is 41.1 Å². The van der Waals surface area contributed by atoms with Gasteiger partial charge in [-0.2, -0.15) is 13.2 Å². The number of aromatic nitrogens is 2. The Labute approximate surface area is 166 Å². The summed E-state index contributed by atoms with van der Waals surface area (Å²) in [5, 5.41) is 3.22. The summed E-state index contributed by atoms with van der Waals surface area (Å²) in [4.78, 5) is 17.9. The summed E-state index contributed by atoms with van der Waals surface area (Å²) in [5.74, 6) is -0.380. The van der Waals surface area contributed by atoms with Gasteiger partial charge < -0.3 is 5.32 Å². The molecule has 0 bridgehead atoms. The third-order valence-corrected chi connectivity index (χ3v) is 5.25. The van der Waals surface area contributed by atoms with Crippen LogP contribution in [0.2, 0.25) is 5.02 Å². The fourth-order valence-electron chi connectivity index (χ4n) is 2.62. The van der Waals surface area contributed by atoms with E-state index in [-0.39, 0.29) is 11.6 Å². The molecule has 1 amide bonds. The minimum Gasteiger partial charge on any atom is -0.321 e. The van der Waals surface area contributed by atoms with Gasteiger partial charge in [0.2, 0.25) is 0 Å². The molecular formula is C19H11ClF3N3OS. The SMILES string of the molecule is O=C(Nc1cccc(Cl)c1)c1cn2cc(-c3ccc(C(F)(F)F)cc3)sc2n1. The molecule has 0 spiro atoms. The molecule has 0 unspecified atom stereocenters. The zero-order valence-corrected chi connectivity index (χ0v) is 15.6. The Bertz CT molecular complexity index is 1130. The number of imidazole rings is 1. The van der Waals surface area contributed by atoms with Gasteiger partial charge in [0.25, 0.3) is 5.91 Å². The van der Waals surface area contributed by atoms with E-state index in [9.17, 15) is 18.0 Å². The molecule has 2 aromatic heterocycles. The van der Waals surface area contributed by atoms with E-state index >= 15 is 0 Å². The summed E-state index contributed by atoms with van der Waals surface area (Å²) in [7, 11) is 0. The summed E-state index contributed by atoms with van der Waals surface area (Å²) < 4.78 is 39.7. The zero-order valence-electron chi connectivity index (χ0n) is 14.0. The summed E-state index contributed by atoms with van der Waals surface area (Å²) >= 11 is 7.18. The highest BCUT2D eigenvalue weighted by Crippen LogP contribution is 2.33. The highest BCUT2D eigenvalue weighted by molar-refractivity contribution is 7.20. The predicted molar refractivity (Wildman–Crippen MR) is 103 cm³/mol. The highest BCUT2D eigenvalue weighted by Gasteiger charge is 2.30. The van der Waals surface area contributed by atoms with Crippen LogP contribution in [0, 0.1) is 0 Å². The Morgan fingerprint density at radius 2 is 1.86 bits per heavy atom. The Balaban J connectivity index is 1.55. The average Bonchev–Trinajstić information content (AvgIpc) is 3.20. The summed E-state index contributed by atoms with van der Waals surface area (Å²) in [6.07, 6.45) is -1.07. The van der Waals surface area contributed by atoms with Gasteiger partial charge in [0.15, 0.2) is 4.96 Å². The van der Waals surface area contributed by atoms with E-state index in [0.29, 0.717) is 21.2 Å². The molecule has 0 aliphatic carbocycles. The van der Waals surface area contributed by atoms with Crippen molar-refractivity contribution in [1.82, 2.24) is 9.38 Å². The molecule has 2 heterocycles. The Morgan fingerprint density at radius 1 is 1.11 bits per heavy atom. The van der Waals surface area contributed by atoms with Crippen LogP contribution in [0.1, 0.15) is 16.1 Å². The number of nitrogens with zero attached hydrogens (tertiary/aromatic N) is 2. The molecule has 4 aromatic rings. The number of amides is 1. The molecule has 0 saturated heterocycles. The van der Waals surface area contributed by atoms with Crippen molar-refractivity contribution in [3.63, 3.8) is 0 Å². The standard InChI is InChI=1S/C19H11ClF3N3OS/c20-13-2-1-3-14(8-13)24-17(27)15-9-26-10-16(28-18(26)25-15)11-4-6-12(7-5-11)19(21,22)23/h1-10H,(H,24,27). The van der Waals surface area contributed by atoms with E-state index < -0.39 is 11.7 Å². The van der Waals surface area contributed by atoms with Crippen LogP contribution in [-0.2, 0) is 6.18 Å². The number of halogens is 4. The number of hydrogen-bond acceptors (Lipinski definition) is 3. The lowest BCUT2D eigenvalue weighted by molar-refractivity contribution is -0.137. The summed E-state index contributed by atoms with van der Waals surface area (Å²) in [6, 6.07) is 11.7. The van der Waals surface area contributed by atoms with Gasteiger partial charge in [-0.25, -0.2) is 4.98 Å². The van der Waals surface area contributed by atoms with E-state index in [2.05, 4.69) is 10.3 Å². The maximum atomic E-state index is 12.7. The van der Waals surface area contributed by atoms with Crippen molar-refractivity contribution in [1.29, 1.82) is 0 Å². The minimum atomic E-state index is -4.37. The van der Waals surface area contributed by atoms with Crippen LogP contribution in [0.15, 0.2) is 60.9 Å². The van der Waals surface area contributed by atoms with Crippen LogP contribution >= 0.6 is 22.9 Å². The fraction of sp³-hybridized carbons (Fsp3) is 0.0526. The Morgan fingerprint density at radius 3 is 2.50 bits per heavy atom. The second-order valence-corrected chi connectivity index (χ2v) is 7.40. The third-order valence-electron chi connectivity index (χ3n) is 3.97. The molecular weight excluding hydrogens is 411 g/mol. The molecule has 28 heavy (non-hydrogen) atoms. The first-order valence-corrected chi connectivity index (χ1v) is 9.22. The van der Waals surface area contributed by atoms with Crippen molar-refractivity contribution in [2.45, 2.75) is 6.18 Å². The first kappa shape index (κ1) is 18.5. The van der Waals surface area contributed by atoms with Gasteiger partial charge in [-0.1, -0.05) is 41.1 Å². The number of hydrogen-bond donors (Lipinski definition) is 1. The van der Waals surface area contributed by atoms with Crippen LogP contribution in [0.4, 0.5) is 18.9 Å². The molecule has 4 nitrogen and oxygen atoms in total. The Kier molecular flexibility index (Phi) is 4.60. The normalized spacial score (nSPS) is 11.7. The fourth-order valence-corrected chi connectivity index (χ4v) is 3.79. The van der Waals surface area contributed by atoms with Crippen molar-refractivity contribution in [2.24, 2.45) is 0 Å². The number of nitrogens with one attached hydrogen (secondary N) is 1. The number of rotatable bonds is 3. The summed E-state index contributed by atoms with van der Waals surface area (Å²) in [6.45, 7) is 0. The molecule has 9 heteroatoms. The van der Waals surface area contributed by atoms with Crippen LogP contribution in [0.25, 0.3) is 15.4 Å². The molecule has 142 valence electrons. The molecule has 2 aromatic carbocycles. The molecule has 0 saturated carbocycles. The van der Waals surface area contributed by atoms with Crippen molar-refractivity contribution in [2.75, 3.05) is 5.32 Å². The van der Waals surface area contributed by atoms with E-state index in [4.69, 9.17) is 11.6 Å². The summed E-state index contributed by atoms with van der Waals surface area (Å²) in [5.41, 5.74) is 0.732. The molecule has 1 N–H and O–H groups in total. The third kappa shape index (κ3) is 3.74. The lowest BCUT2D eigenvalue weighted by atomic mass is 10.1. The van der Waals surface area contributed by atoms with Crippen LogP contribution in [0.5, 0.6) is 0 Å². The van der Waals surface area contributed by atoms with Gasteiger partial charge in [-0.3, -0.25) is 9.20 Å². The predicted octanol–water partition coefficient (Wildman–Crippen LogP) is 5.99. The zero-order chi connectivity index (χ0) is 19.9. The van der Waals surface area contributed by atoms with Gasteiger partial charge in [0.1, 0.15) is 5.69 Å². The van der Waals surface area contributed by atoms with Crippen LogP contribution < -0.4 is 5.32 Å². The van der Waals surface area contributed by atoms with Crippen molar-refractivity contribution >= 4 is 39.5 Å². The largest absolute Gasteiger partial charge is 0.416 e. The maximum Gasteiger partial charge on any atom is 0.416 e. The van der Waals surface area contributed by atoms with Crippen molar-refractivity contribution in [3.8, 4) is 10.4 Å². The molecule has 0 aliphatic rings. The topological polar surface area (TPSA) is 46.4 Å². The number of benzene rings is 2. The van der Waals surface area contributed by atoms with Gasteiger partial charge in [0.05, 0.1) is 10.4 Å². The number of thiazole rings is 1. The number of anilines is 1. The lowest BCUT2D eigenvalue weighted by Crippen LogP contribution is -2.12. The molecule has 0 radical (unpaired) electrons. The van der Waals surface area contributed by atoms with Gasteiger partial charge in [-0.15, -0.1) is 0 Å². The van der Waals surface area contributed by atoms with Crippen LogP contribution in [0.3, 0.4) is 0 Å². The second-order valence-electron chi connectivity index (χ2n) is 5.95. The number of carbonyl (C=O) groups is 1. The lowest BCUT2D eigenvalue weighted by Gasteiger charge is -2.06. The quantitative estimate of drug-likeness (QED) is 0.442. The Hall–Kier alpha value is -2.84. The monoisotopic (exact) mass is 421 g/mol. The molecule has 0 aliphatic heterocycles. The first-order valence-electron chi connectivity index (χ1n) is 8.03. The van der Waals surface area contributed by atoms with E-state index in [0.717, 1.165) is 17.0 Å². The van der Waals surface area contributed by atoms with Crippen molar-refractivity contribution in [3.05, 3.63) is 77.2 Å².